The molecule has 18 heavy (non-hydrogen) atoms. The van der Waals surface area contributed by atoms with Crippen molar-refractivity contribution in [2.24, 2.45) is 5.41 Å². The Morgan fingerprint density at radius 2 is 1.50 bits per heavy atom. The predicted molar refractivity (Wildman–Crippen MR) is 78.9 cm³/mol. The van der Waals surface area contributed by atoms with Gasteiger partial charge in [0.25, 0.3) is 0 Å². The standard InChI is InChI=1S/C17H28O/c1-13(18)11-17(5,6)12-14-7-9-15(10-8-14)16(2,3)4/h7-10,13,18H,11-12H2,1-6H3. The van der Waals surface area contributed by atoms with Crippen LogP contribution in [-0.2, 0) is 11.8 Å². The molecule has 102 valence electrons. The lowest BCUT2D eigenvalue weighted by Crippen LogP contribution is -2.21. The highest BCUT2D eigenvalue weighted by molar-refractivity contribution is 5.28. The molecule has 0 amide bonds. The molecule has 0 radical (unpaired) electrons. The van der Waals surface area contributed by atoms with Gasteiger partial charge in [0.1, 0.15) is 0 Å². The number of aliphatic hydroxyl groups is 1. The Bertz CT molecular complexity index is 366. The highest BCUT2D eigenvalue weighted by Gasteiger charge is 2.21. The van der Waals surface area contributed by atoms with E-state index in [9.17, 15) is 5.11 Å². The molecule has 0 spiro atoms. The van der Waals surface area contributed by atoms with Gasteiger partial charge in [0, 0.05) is 0 Å². The SMILES string of the molecule is CC(O)CC(C)(C)Cc1ccc(C(C)(C)C)cc1. The van der Waals surface area contributed by atoms with Crippen LogP contribution < -0.4 is 0 Å². The van der Waals surface area contributed by atoms with E-state index < -0.39 is 0 Å². The average Bonchev–Trinajstić information content (AvgIpc) is 2.13. The molecular formula is C17H28O. The monoisotopic (exact) mass is 248 g/mol. The molecule has 0 heterocycles. The summed E-state index contributed by atoms with van der Waals surface area (Å²) in [4.78, 5) is 0. The summed E-state index contributed by atoms with van der Waals surface area (Å²) in [6, 6.07) is 8.91. The second-order valence-corrected chi connectivity index (χ2v) is 7.34. The highest BCUT2D eigenvalue weighted by atomic mass is 16.3. The van der Waals surface area contributed by atoms with E-state index in [1.165, 1.54) is 11.1 Å². The lowest BCUT2D eigenvalue weighted by Gasteiger charge is -2.27. The molecule has 1 N–H and O–H groups in total. The fourth-order valence-corrected chi connectivity index (χ4v) is 2.55. The van der Waals surface area contributed by atoms with Crippen molar-refractivity contribution >= 4 is 0 Å². The summed E-state index contributed by atoms with van der Waals surface area (Å²) in [5, 5.41) is 9.52. The van der Waals surface area contributed by atoms with Gasteiger partial charge in [-0.15, -0.1) is 0 Å². The molecule has 1 heteroatoms. The van der Waals surface area contributed by atoms with Crippen LogP contribution in [0.4, 0.5) is 0 Å². The van der Waals surface area contributed by atoms with Gasteiger partial charge in [-0.3, -0.25) is 0 Å². The highest BCUT2D eigenvalue weighted by Crippen LogP contribution is 2.29. The Morgan fingerprint density at radius 3 is 1.89 bits per heavy atom. The number of hydrogen-bond donors (Lipinski definition) is 1. The van der Waals surface area contributed by atoms with E-state index in [1.54, 1.807) is 0 Å². The number of hydrogen-bond acceptors (Lipinski definition) is 1. The zero-order valence-corrected chi connectivity index (χ0v) is 12.7. The fraction of sp³-hybridized carbons (Fsp3) is 0.647. The van der Waals surface area contributed by atoms with Crippen LogP contribution in [0, 0.1) is 5.41 Å². The molecule has 0 aliphatic rings. The van der Waals surface area contributed by atoms with Crippen LogP contribution in [0.5, 0.6) is 0 Å². The van der Waals surface area contributed by atoms with E-state index in [2.05, 4.69) is 58.9 Å². The van der Waals surface area contributed by atoms with Crippen LogP contribution in [0.3, 0.4) is 0 Å². The van der Waals surface area contributed by atoms with Crippen molar-refractivity contribution < 1.29 is 5.11 Å². The summed E-state index contributed by atoms with van der Waals surface area (Å²) in [5.74, 6) is 0. The minimum Gasteiger partial charge on any atom is -0.393 e. The molecule has 0 aromatic heterocycles. The molecular weight excluding hydrogens is 220 g/mol. The molecule has 1 rings (SSSR count). The molecule has 1 unspecified atom stereocenters. The number of benzene rings is 1. The van der Waals surface area contributed by atoms with Crippen molar-refractivity contribution in [1.29, 1.82) is 0 Å². The Balaban J connectivity index is 2.75. The maximum Gasteiger partial charge on any atom is 0.0517 e. The van der Waals surface area contributed by atoms with Crippen molar-refractivity contribution in [3.05, 3.63) is 35.4 Å². The lowest BCUT2D eigenvalue weighted by atomic mass is 9.80. The summed E-state index contributed by atoms with van der Waals surface area (Å²) < 4.78 is 0. The van der Waals surface area contributed by atoms with Crippen LogP contribution in [0.2, 0.25) is 0 Å². The fourth-order valence-electron chi connectivity index (χ4n) is 2.55. The van der Waals surface area contributed by atoms with Crippen LogP contribution in [0.1, 0.15) is 59.1 Å². The number of aliphatic hydroxyl groups excluding tert-OH is 1. The first kappa shape index (κ1) is 15.2. The summed E-state index contributed by atoms with van der Waals surface area (Å²) in [6.07, 6.45) is 1.63. The van der Waals surface area contributed by atoms with E-state index in [-0.39, 0.29) is 16.9 Å². The van der Waals surface area contributed by atoms with Gasteiger partial charge in [-0.1, -0.05) is 58.9 Å². The predicted octanol–water partition coefficient (Wildman–Crippen LogP) is 4.32. The molecule has 1 aromatic rings. The van der Waals surface area contributed by atoms with Gasteiger partial charge in [-0.2, -0.15) is 0 Å². The second-order valence-electron chi connectivity index (χ2n) is 7.34. The van der Waals surface area contributed by atoms with Crippen molar-refractivity contribution in [3.63, 3.8) is 0 Å². The first-order valence-corrected chi connectivity index (χ1v) is 6.88. The molecule has 0 saturated carbocycles. The summed E-state index contributed by atoms with van der Waals surface area (Å²) in [7, 11) is 0. The maximum absolute atomic E-state index is 9.52. The smallest absolute Gasteiger partial charge is 0.0517 e. The minimum absolute atomic E-state index is 0.150. The normalized spacial score (nSPS) is 14.6. The van der Waals surface area contributed by atoms with Gasteiger partial charge in [0.05, 0.1) is 6.10 Å². The maximum atomic E-state index is 9.52. The topological polar surface area (TPSA) is 20.2 Å². The van der Waals surface area contributed by atoms with Gasteiger partial charge < -0.3 is 5.11 Å². The lowest BCUT2D eigenvalue weighted by molar-refractivity contribution is 0.129. The van der Waals surface area contributed by atoms with E-state index in [1.807, 2.05) is 6.92 Å². The Kier molecular flexibility index (Phi) is 4.61. The zero-order chi connectivity index (χ0) is 14.0. The summed E-state index contributed by atoms with van der Waals surface area (Å²) >= 11 is 0. The van der Waals surface area contributed by atoms with Crippen LogP contribution in [0.25, 0.3) is 0 Å². The Hall–Kier alpha value is -0.820. The van der Waals surface area contributed by atoms with Crippen molar-refractivity contribution in [2.45, 2.75) is 65.9 Å². The first-order chi connectivity index (χ1) is 8.10. The quantitative estimate of drug-likeness (QED) is 0.841. The molecule has 0 aliphatic carbocycles. The zero-order valence-electron chi connectivity index (χ0n) is 12.7. The van der Waals surface area contributed by atoms with E-state index in [4.69, 9.17) is 0 Å². The molecule has 1 nitrogen and oxygen atoms in total. The molecule has 0 bridgehead atoms. The Labute approximate surface area is 112 Å². The summed E-state index contributed by atoms with van der Waals surface area (Å²) in [6.45, 7) is 13.0. The van der Waals surface area contributed by atoms with E-state index >= 15 is 0 Å². The average molecular weight is 248 g/mol. The summed E-state index contributed by atoms with van der Waals surface area (Å²) in [5.41, 5.74) is 3.10. The van der Waals surface area contributed by atoms with Crippen LogP contribution in [-0.4, -0.2) is 11.2 Å². The third-order valence-corrected chi connectivity index (χ3v) is 3.35. The molecule has 0 aliphatic heterocycles. The molecule has 0 saturated heterocycles. The van der Waals surface area contributed by atoms with Gasteiger partial charge >= 0.3 is 0 Å². The van der Waals surface area contributed by atoms with Crippen LogP contribution in [0.15, 0.2) is 24.3 Å². The number of rotatable bonds is 4. The third-order valence-electron chi connectivity index (χ3n) is 3.35. The van der Waals surface area contributed by atoms with Gasteiger partial charge in [0.15, 0.2) is 0 Å². The minimum atomic E-state index is -0.228. The van der Waals surface area contributed by atoms with Gasteiger partial charge in [0.2, 0.25) is 0 Å². The van der Waals surface area contributed by atoms with Gasteiger partial charge in [-0.25, -0.2) is 0 Å². The first-order valence-electron chi connectivity index (χ1n) is 6.88. The Morgan fingerprint density at radius 1 is 1.00 bits per heavy atom. The van der Waals surface area contributed by atoms with Crippen molar-refractivity contribution in [1.82, 2.24) is 0 Å². The molecule has 1 aromatic carbocycles. The molecule has 0 fully saturated rings. The van der Waals surface area contributed by atoms with Crippen molar-refractivity contribution in [3.8, 4) is 0 Å². The van der Waals surface area contributed by atoms with Crippen molar-refractivity contribution in [2.75, 3.05) is 0 Å². The molecule has 1 atom stereocenters. The largest absolute Gasteiger partial charge is 0.393 e. The van der Waals surface area contributed by atoms with Gasteiger partial charge in [-0.05, 0) is 41.7 Å². The van der Waals surface area contributed by atoms with E-state index in [0.29, 0.717) is 0 Å². The second kappa shape index (κ2) is 5.44. The van der Waals surface area contributed by atoms with E-state index in [0.717, 1.165) is 12.8 Å². The van der Waals surface area contributed by atoms with Crippen LogP contribution >= 0.6 is 0 Å². The third kappa shape index (κ3) is 4.81.